The highest BCUT2D eigenvalue weighted by molar-refractivity contribution is 5.20. The summed E-state index contributed by atoms with van der Waals surface area (Å²) in [6.07, 6.45) is 4.33. The van der Waals surface area contributed by atoms with Gasteiger partial charge in [-0.1, -0.05) is 38.2 Å². The minimum Gasteiger partial charge on any atom is -0.304 e. The molecule has 56 valence electrons. The molecule has 0 aliphatic carbocycles. The first-order valence-corrected chi connectivity index (χ1v) is 3.80. The Morgan fingerprint density at radius 1 is 1.70 bits per heavy atom. The molecule has 0 fully saturated rings. The van der Waals surface area contributed by atoms with E-state index in [4.69, 9.17) is 0 Å². The highest BCUT2D eigenvalue weighted by atomic mass is 14.9. The molecule has 1 rings (SSSR count). The van der Waals surface area contributed by atoms with Gasteiger partial charge in [-0.15, -0.1) is 0 Å². The molecule has 1 aliphatic heterocycles. The second-order valence-electron chi connectivity index (χ2n) is 3.04. The van der Waals surface area contributed by atoms with E-state index < -0.39 is 0 Å². The van der Waals surface area contributed by atoms with Crippen molar-refractivity contribution >= 4 is 0 Å². The largest absolute Gasteiger partial charge is 0.304 e. The van der Waals surface area contributed by atoms with Crippen LogP contribution in [0.2, 0.25) is 0 Å². The van der Waals surface area contributed by atoms with Crippen LogP contribution in [0.4, 0.5) is 0 Å². The molecular formula is C9H15N. The van der Waals surface area contributed by atoms with E-state index in [-0.39, 0.29) is 0 Å². The molecule has 1 atom stereocenters. The van der Waals surface area contributed by atoms with Crippen LogP contribution in [0.3, 0.4) is 0 Å². The fraction of sp³-hybridized carbons (Fsp3) is 0.556. The Hall–Kier alpha value is -0.560. The quantitative estimate of drug-likeness (QED) is 0.571. The SMILES string of the molecule is C=C(C(C)C)C1C=CCN1. The van der Waals surface area contributed by atoms with Crippen LogP contribution in [-0.4, -0.2) is 12.6 Å². The normalized spacial score (nSPS) is 24.1. The monoisotopic (exact) mass is 137 g/mol. The maximum Gasteiger partial charge on any atom is 0.0468 e. The zero-order valence-corrected chi connectivity index (χ0v) is 6.72. The summed E-state index contributed by atoms with van der Waals surface area (Å²) >= 11 is 0. The van der Waals surface area contributed by atoms with Crippen LogP contribution < -0.4 is 5.32 Å². The predicted molar refractivity (Wildman–Crippen MR) is 44.9 cm³/mol. The molecule has 0 radical (unpaired) electrons. The Labute approximate surface area is 62.8 Å². The third-order valence-corrected chi connectivity index (χ3v) is 1.93. The van der Waals surface area contributed by atoms with Gasteiger partial charge in [-0.05, 0) is 5.92 Å². The van der Waals surface area contributed by atoms with Gasteiger partial charge in [0.05, 0.1) is 0 Å². The van der Waals surface area contributed by atoms with Gasteiger partial charge in [-0.3, -0.25) is 0 Å². The zero-order chi connectivity index (χ0) is 7.56. The van der Waals surface area contributed by atoms with Crippen LogP contribution in [0.1, 0.15) is 13.8 Å². The Morgan fingerprint density at radius 2 is 2.40 bits per heavy atom. The standard InChI is InChI=1S/C9H15N/c1-7(2)8(3)9-5-4-6-10-9/h4-5,7,9-10H,3,6H2,1-2H3. The average Bonchev–Trinajstić information content (AvgIpc) is 2.36. The van der Waals surface area contributed by atoms with Crippen molar-refractivity contribution in [3.63, 3.8) is 0 Å². The van der Waals surface area contributed by atoms with Crippen molar-refractivity contribution in [2.24, 2.45) is 5.92 Å². The summed E-state index contributed by atoms with van der Waals surface area (Å²) in [6, 6.07) is 0.431. The summed E-state index contributed by atoms with van der Waals surface area (Å²) < 4.78 is 0. The van der Waals surface area contributed by atoms with Gasteiger partial charge in [0.1, 0.15) is 0 Å². The van der Waals surface area contributed by atoms with E-state index in [1.165, 1.54) is 5.57 Å². The topological polar surface area (TPSA) is 12.0 Å². The lowest BCUT2D eigenvalue weighted by Crippen LogP contribution is -2.25. The first-order chi connectivity index (χ1) is 4.72. The van der Waals surface area contributed by atoms with Crippen LogP contribution >= 0.6 is 0 Å². The van der Waals surface area contributed by atoms with E-state index in [2.05, 4.69) is 37.9 Å². The Balaban J connectivity index is 2.49. The molecule has 0 aromatic carbocycles. The van der Waals surface area contributed by atoms with E-state index in [1.807, 2.05) is 0 Å². The van der Waals surface area contributed by atoms with Crippen LogP contribution in [0.25, 0.3) is 0 Å². The van der Waals surface area contributed by atoms with Crippen LogP contribution in [0.5, 0.6) is 0 Å². The van der Waals surface area contributed by atoms with E-state index >= 15 is 0 Å². The summed E-state index contributed by atoms with van der Waals surface area (Å²) in [5, 5.41) is 3.33. The number of hydrogen-bond donors (Lipinski definition) is 1. The lowest BCUT2D eigenvalue weighted by atomic mass is 9.98. The predicted octanol–water partition coefficient (Wildman–Crippen LogP) is 1.73. The maximum absolute atomic E-state index is 4.02. The number of rotatable bonds is 2. The molecule has 0 amide bonds. The van der Waals surface area contributed by atoms with Crippen molar-refractivity contribution in [1.29, 1.82) is 0 Å². The van der Waals surface area contributed by atoms with Gasteiger partial charge < -0.3 is 5.32 Å². The lowest BCUT2D eigenvalue weighted by Gasteiger charge is -2.15. The Bertz CT molecular complexity index is 156. The smallest absolute Gasteiger partial charge is 0.0468 e. The summed E-state index contributed by atoms with van der Waals surface area (Å²) in [5.41, 5.74) is 1.29. The zero-order valence-electron chi connectivity index (χ0n) is 6.72. The highest BCUT2D eigenvalue weighted by Crippen LogP contribution is 2.14. The molecule has 0 bridgehead atoms. The third kappa shape index (κ3) is 1.48. The third-order valence-electron chi connectivity index (χ3n) is 1.93. The molecule has 1 N–H and O–H groups in total. The number of nitrogens with one attached hydrogen (secondary N) is 1. The Morgan fingerprint density at radius 3 is 2.80 bits per heavy atom. The summed E-state index contributed by atoms with van der Waals surface area (Å²) in [7, 11) is 0. The van der Waals surface area contributed by atoms with Crippen LogP contribution in [0.15, 0.2) is 24.3 Å². The maximum atomic E-state index is 4.02. The van der Waals surface area contributed by atoms with Gasteiger partial charge in [0.2, 0.25) is 0 Å². The van der Waals surface area contributed by atoms with E-state index in [0.717, 1.165) is 6.54 Å². The lowest BCUT2D eigenvalue weighted by molar-refractivity contribution is 0.644. The first-order valence-electron chi connectivity index (χ1n) is 3.80. The fourth-order valence-corrected chi connectivity index (χ4v) is 1.08. The highest BCUT2D eigenvalue weighted by Gasteiger charge is 2.13. The summed E-state index contributed by atoms with van der Waals surface area (Å²) in [5.74, 6) is 0.584. The van der Waals surface area contributed by atoms with Crippen molar-refractivity contribution in [1.82, 2.24) is 5.32 Å². The van der Waals surface area contributed by atoms with E-state index in [1.54, 1.807) is 0 Å². The van der Waals surface area contributed by atoms with Gasteiger partial charge >= 0.3 is 0 Å². The van der Waals surface area contributed by atoms with Gasteiger partial charge in [0.15, 0.2) is 0 Å². The second-order valence-corrected chi connectivity index (χ2v) is 3.04. The van der Waals surface area contributed by atoms with Crippen molar-refractivity contribution in [2.45, 2.75) is 19.9 Å². The summed E-state index contributed by atoms with van der Waals surface area (Å²) in [4.78, 5) is 0. The van der Waals surface area contributed by atoms with Crippen LogP contribution in [0, 0.1) is 5.92 Å². The van der Waals surface area contributed by atoms with Crippen molar-refractivity contribution in [3.05, 3.63) is 24.3 Å². The molecule has 0 aromatic rings. The van der Waals surface area contributed by atoms with Crippen molar-refractivity contribution in [2.75, 3.05) is 6.54 Å². The molecule has 1 nitrogen and oxygen atoms in total. The summed E-state index contributed by atoms with van der Waals surface area (Å²) in [6.45, 7) is 9.37. The van der Waals surface area contributed by atoms with Gasteiger partial charge in [0, 0.05) is 12.6 Å². The fourth-order valence-electron chi connectivity index (χ4n) is 1.08. The minimum absolute atomic E-state index is 0.431. The Kier molecular flexibility index (Phi) is 2.28. The number of hydrogen-bond acceptors (Lipinski definition) is 1. The first kappa shape index (κ1) is 7.55. The molecule has 1 aliphatic rings. The van der Waals surface area contributed by atoms with Crippen LogP contribution in [-0.2, 0) is 0 Å². The molecular weight excluding hydrogens is 122 g/mol. The molecule has 0 saturated carbocycles. The molecule has 10 heavy (non-hydrogen) atoms. The molecule has 1 heteroatoms. The van der Waals surface area contributed by atoms with Crippen molar-refractivity contribution < 1.29 is 0 Å². The molecule has 0 aromatic heterocycles. The van der Waals surface area contributed by atoms with Gasteiger partial charge in [0.25, 0.3) is 0 Å². The molecule has 0 saturated heterocycles. The van der Waals surface area contributed by atoms with E-state index in [0.29, 0.717) is 12.0 Å². The molecule has 0 spiro atoms. The molecule has 1 heterocycles. The van der Waals surface area contributed by atoms with E-state index in [9.17, 15) is 0 Å². The molecule has 1 unspecified atom stereocenters. The van der Waals surface area contributed by atoms with Gasteiger partial charge in [-0.25, -0.2) is 0 Å². The second kappa shape index (κ2) is 3.02. The minimum atomic E-state index is 0.431. The average molecular weight is 137 g/mol. The van der Waals surface area contributed by atoms with Crippen molar-refractivity contribution in [3.8, 4) is 0 Å². The van der Waals surface area contributed by atoms with Gasteiger partial charge in [-0.2, -0.15) is 0 Å².